The molecule has 24 heavy (non-hydrogen) atoms. The van der Waals surface area contributed by atoms with Crippen LogP contribution in [-0.2, 0) is 16.1 Å². The predicted octanol–water partition coefficient (Wildman–Crippen LogP) is 1.88. The minimum absolute atomic E-state index is 0.0404. The molecule has 1 fully saturated rings. The first-order valence-corrected chi connectivity index (χ1v) is 8.95. The Bertz CT molecular complexity index is 521. The number of benzene rings is 1. The van der Waals surface area contributed by atoms with Gasteiger partial charge in [0.1, 0.15) is 0 Å². The second kappa shape index (κ2) is 9.42. The number of amides is 2. The molecule has 0 aliphatic carbocycles. The van der Waals surface area contributed by atoms with E-state index in [1.807, 2.05) is 35.2 Å². The number of carbonyl (C=O) groups is 2. The molecule has 5 nitrogen and oxygen atoms in total. The molecule has 5 heteroatoms. The molecule has 0 unspecified atom stereocenters. The van der Waals surface area contributed by atoms with E-state index >= 15 is 0 Å². The van der Waals surface area contributed by atoms with Gasteiger partial charge in [0.2, 0.25) is 11.8 Å². The first-order valence-electron chi connectivity index (χ1n) is 8.95. The topological polar surface area (TPSA) is 52.7 Å². The lowest BCUT2D eigenvalue weighted by molar-refractivity contribution is -0.137. The third kappa shape index (κ3) is 5.34. The molecule has 0 saturated carbocycles. The van der Waals surface area contributed by atoms with Crippen molar-refractivity contribution in [2.45, 2.75) is 33.2 Å². The highest BCUT2D eigenvalue weighted by atomic mass is 16.2. The minimum Gasteiger partial charge on any atom is -0.351 e. The summed E-state index contributed by atoms with van der Waals surface area (Å²) in [6.45, 7) is 8.09. The van der Waals surface area contributed by atoms with Crippen molar-refractivity contribution in [1.29, 1.82) is 0 Å². The van der Waals surface area contributed by atoms with Gasteiger partial charge in [0.25, 0.3) is 0 Å². The number of nitrogens with zero attached hydrogens (tertiary/aromatic N) is 2. The quantitative estimate of drug-likeness (QED) is 0.830. The largest absolute Gasteiger partial charge is 0.351 e. The van der Waals surface area contributed by atoms with Gasteiger partial charge in [-0.15, -0.1) is 0 Å². The highest BCUT2D eigenvalue weighted by Crippen LogP contribution is 2.13. The maximum Gasteiger partial charge on any atom is 0.234 e. The molecule has 0 aromatic heterocycles. The van der Waals surface area contributed by atoms with Gasteiger partial charge in [-0.05, 0) is 18.4 Å². The van der Waals surface area contributed by atoms with Crippen molar-refractivity contribution in [1.82, 2.24) is 15.1 Å². The number of hydrogen-bond acceptors (Lipinski definition) is 3. The summed E-state index contributed by atoms with van der Waals surface area (Å²) < 4.78 is 0. The Morgan fingerprint density at radius 1 is 1.04 bits per heavy atom. The molecule has 1 aliphatic rings. The second-order valence-corrected chi connectivity index (χ2v) is 6.38. The van der Waals surface area contributed by atoms with E-state index in [4.69, 9.17) is 0 Å². The van der Waals surface area contributed by atoms with Crippen molar-refractivity contribution in [3.8, 4) is 0 Å². The van der Waals surface area contributed by atoms with Crippen molar-refractivity contribution in [2.75, 3.05) is 32.7 Å². The summed E-state index contributed by atoms with van der Waals surface area (Å²) >= 11 is 0. The Balaban J connectivity index is 1.70. The highest BCUT2D eigenvalue weighted by molar-refractivity contribution is 5.79. The molecular weight excluding hydrogens is 302 g/mol. The van der Waals surface area contributed by atoms with Crippen LogP contribution in [-0.4, -0.2) is 54.3 Å². The van der Waals surface area contributed by atoms with Crippen LogP contribution in [0.2, 0.25) is 0 Å². The zero-order chi connectivity index (χ0) is 17.4. The highest BCUT2D eigenvalue weighted by Gasteiger charge is 2.26. The fourth-order valence-corrected chi connectivity index (χ4v) is 3.08. The van der Waals surface area contributed by atoms with Crippen molar-refractivity contribution in [3.63, 3.8) is 0 Å². The normalized spacial score (nSPS) is 15.5. The average Bonchev–Trinajstić information content (AvgIpc) is 2.62. The zero-order valence-electron chi connectivity index (χ0n) is 14.8. The lowest BCUT2D eigenvalue weighted by Gasteiger charge is -2.35. The van der Waals surface area contributed by atoms with E-state index in [0.717, 1.165) is 44.6 Å². The molecule has 1 N–H and O–H groups in total. The Hall–Kier alpha value is -1.88. The maximum absolute atomic E-state index is 12.4. The van der Waals surface area contributed by atoms with Crippen molar-refractivity contribution in [2.24, 2.45) is 5.92 Å². The van der Waals surface area contributed by atoms with Gasteiger partial charge >= 0.3 is 0 Å². The van der Waals surface area contributed by atoms with Crippen LogP contribution >= 0.6 is 0 Å². The average molecular weight is 331 g/mol. The van der Waals surface area contributed by atoms with E-state index in [9.17, 15) is 9.59 Å². The first kappa shape index (κ1) is 18.5. The molecule has 1 aliphatic heterocycles. The zero-order valence-corrected chi connectivity index (χ0v) is 14.8. The summed E-state index contributed by atoms with van der Waals surface area (Å²) in [5.74, 6) is 0.456. The molecule has 1 heterocycles. The Kier molecular flexibility index (Phi) is 7.25. The number of rotatable bonds is 7. The molecule has 2 rings (SSSR count). The summed E-state index contributed by atoms with van der Waals surface area (Å²) in [5.41, 5.74) is 1.10. The van der Waals surface area contributed by atoms with Crippen LogP contribution in [0.4, 0.5) is 0 Å². The molecule has 0 spiro atoms. The van der Waals surface area contributed by atoms with Crippen LogP contribution < -0.4 is 5.32 Å². The van der Waals surface area contributed by atoms with Gasteiger partial charge in [-0.1, -0.05) is 44.2 Å². The van der Waals surface area contributed by atoms with Crippen molar-refractivity contribution in [3.05, 3.63) is 35.9 Å². The molecular formula is C19H29N3O2. The van der Waals surface area contributed by atoms with E-state index in [1.54, 1.807) is 0 Å². The summed E-state index contributed by atoms with van der Waals surface area (Å²) in [4.78, 5) is 28.5. The summed E-state index contributed by atoms with van der Waals surface area (Å²) in [6.07, 6.45) is 1.80. The van der Waals surface area contributed by atoms with Crippen LogP contribution in [0, 0.1) is 5.92 Å². The van der Waals surface area contributed by atoms with Gasteiger partial charge in [0, 0.05) is 38.6 Å². The van der Waals surface area contributed by atoms with Gasteiger partial charge < -0.3 is 10.2 Å². The third-order valence-electron chi connectivity index (χ3n) is 4.72. The van der Waals surface area contributed by atoms with Crippen LogP contribution in [0.3, 0.4) is 0 Å². The number of nitrogens with one attached hydrogen (secondary N) is 1. The standard InChI is InChI=1S/C19H29N3O2/c1-3-17(4-2)19(24)22-12-10-21(11-13-22)15-18(23)20-14-16-8-6-5-7-9-16/h5-9,17H,3-4,10-15H2,1-2H3,(H,20,23). The summed E-state index contributed by atoms with van der Waals surface area (Å²) in [6, 6.07) is 9.91. The smallest absolute Gasteiger partial charge is 0.234 e. The van der Waals surface area contributed by atoms with Crippen molar-refractivity contribution < 1.29 is 9.59 Å². The minimum atomic E-state index is 0.0404. The van der Waals surface area contributed by atoms with Gasteiger partial charge in [-0.25, -0.2) is 0 Å². The Morgan fingerprint density at radius 2 is 1.67 bits per heavy atom. The van der Waals surface area contributed by atoms with E-state index in [-0.39, 0.29) is 17.7 Å². The lowest BCUT2D eigenvalue weighted by Crippen LogP contribution is -2.52. The number of piperazine rings is 1. The molecule has 1 aromatic carbocycles. The summed E-state index contributed by atoms with van der Waals surface area (Å²) in [7, 11) is 0. The lowest BCUT2D eigenvalue weighted by atomic mass is 10.0. The molecule has 1 aromatic rings. The maximum atomic E-state index is 12.4. The molecule has 0 atom stereocenters. The van der Waals surface area contributed by atoms with Crippen LogP contribution in [0.25, 0.3) is 0 Å². The van der Waals surface area contributed by atoms with Crippen LogP contribution in [0.15, 0.2) is 30.3 Å². The second-order valence-electron chi connectivity index (χ2n) is 6.38. The molecule has 2 amide bonds. The fourth-order valence-electron chi connectivity index (χ4n) is 3.08. The van der Waals surface area contributed by atoms with Crippen LogP contribution in [0.1, 0.15) is 32.3 Å². The number of carbonyl (C=O) groups excluding carboxylic acids is 2. The van der Waals surface area contributed by atoms with E-state index in [0.29, 0.717) is 13.1 Å². The SMILES string of the molecule is CCC(CC)C(=O)N1CCN(CC(=O)NCc2ccccc2)CC1. The summed E-state index contributed by atoms with van der Waals surface area (Å²) in [5, 5.41) is 2.96. The van der Waals surface area contributed by atoms with E-state index < -0.39 is 0 Å². The molecule has 1 saturated heterocycles. The van der Waals surface area contributed by atoms with E-state index in [1.165, 1.54) is 0 Å². The fraction of sp³-hybridized carbons (Fsp3) is 0.579. The van der Waals surface area contributed by atoms with Crippen molar-refractivity contribution >= 4 is 11.8 Å². The van der Waals surface area contributed by atoms with E-state index in [2.05, 4.69) is 24.1 Å². The first-order chi connectivity index (χ1) is 11.6. The predicted molar refractivity (Wildman–Crippen MR) is 95.4 cm³/mol. The monoisotopic (exact) mass is 331 g/mol. The number of hydrogen-bond donors (Lipinski definition) is 1. The van der Waals surface area contributed by atoms with Gasteiger partial charge in [0.15, 0.2) is 0 Å². The van der Waals surface area contributed by atoms with Gasteiger partial charge in [-0.3, -0.25) is 14.5 Å². The van der Waals surface area contributed by atoms with Gasteiger partial charge in [0.05, 0.1) is 6.54 Å². The molecule has 0 radical (unpaired) electrons. The third-order valence-corrected chi connectivity index (χ3v) is 4.72. The van der Waals surface area contributed by atoms with Crippen LogP contribution in [0.5, 0.6) is 0 Å². The molecule has 0 bridgehead atoms. The Morgan fingerprint density at radius 3 is 2.25 bits per heavy atom. The van der Waals surface area contributed by atoms with Gasteiger partial charge in [-0.2, -0.15) is 0 Å². The molecule has 132 valence electrons. The Labute approximate surface area is 145 Å².